The highest BCUT2D eigenvalue weighted by atomic mass is 32.1. The van der Waals surface area contributed by atoms with Gasteiger partial charge in [0.2, 0.25) is 0 Å². The minimum Gasteiger partial charge on any atom is -0.481 e. The van der Waals surface area contributed by atoms with Gasteiger partial charge in [-0.05, 0) is 19.4 Å². The number of aryl methyl sites for hydroxylation is 2. The van der Waals surface area contributed by atoms with Crippen LogP contribution in [0.2, 0.25) is 0 Å². The largest absolute Gasteiger partial charge is 0.481 e. The van der Waals surface area contributed by atoms with Gasteiger partial charge in [-0.25, -0.2) is 4.98 Å². The minimum atomic E-state index is -0.855. The Morgan fingerprint density at radius 2 is 1.91 bits per heavy atom. The van der Waals surface area contributed by atoms with Crippen LogP contribution in [0.5, 0.6) is 0 Å². The zero-order valence-corrected chi connectivity index (χ0v) is 13.8. The molecule has 23 heavy (non-hydrogen) atoms. The number of carboxylic acids is 1. The third-order valence-corrected chi connectivity index (χ3v) is 5.31. The summed E-state index contributed by atoms with van der Waals surface area (Å²) in [6.45, 7) is 4.35. The highest BCUT2D eigenvalue weighted by Gasteiger charge is 2.41. The van der Waals surface area contributed by atoms with Crippen molar-refractivity contribution in [3.63, 3.8) is 0 Å². The van der Waals surface area contributed by atoms with Crippen LogP contribution in [0, 0.1) is 19.8 Å². The van der Waals surface area contributed by atoms with E-state index in [4.69, 9.17) is 0 Å². The Hall–Kier alpha value is -2.21. The van der Waals surface area contributed by atoms with Gasteiger partial charge in [0.05, 0.1) is 16.6 Å². The number of aromatic nitrogens is 1. The van der Waals surface area contributed by atoms with Crippen molar-refractivity contribution >= 4 is 23.2 Å². The average molecular weight is 330 g/mol. The quantitative estimate of drug-likeness (QED) is 0.939. The molecule has 0 saturated carbocycles. The summed E-state index contributed by atoms with van der Waals surface area (Å²) in [6.07, 6.45) is 0. The van der Waals surface area contributed by atoms with Crippen molar-refractivity contribution in [1.29, 1.82) is 0 Å². The number of likely N-dealkylation sites (tertiary alicyclic amines) is 1. The van der Waals surface area contributed by atoms with Gasteiger partial charge in [-0.2, -0.15) is 0 Å². The molecule has 2 heterocycles. The number of benzene rings is 1. The summed E-state index contributed by atoms with van der Waals surface area (Å²) < 4.78 is 0. The lowest BCUT2D eigenvalue weighted by Gasteiger charge is -2.16. The number of hydrogen-bond acceptors (Lipinski definition) is 4. The summed E-state index contributed by atoms with van der Waals surface area (Å²) >= 11 is 1.37. The maximum atomic E-state index is 12.7. The number of aliphatic carboxylic acids is 1. The molecule has 120 valence electrons. The molecule has 1 aliphatic rings. The van der Waals surface area contributed by atoms with Crippen LogP contribution in [-0.2, 0) is 4.79 Å². The van der Waals surface area contributed by atoms with Crippen LogP contribution in [-0.4, -0.2) is 40.0 Å². The van der Waals surface area contributed by atoms with Gasteiger partial charge in [-0.1, -0.05) is 30.3 Å². The Labute approximate surface area is 138 Å². The van der Waals surface area contributed by atoms with E-state index in [-0.39, 0.29) is 18.4 Å². The van der Waals surface area contributed by atoms with Crippen molar-refractivity contribution in [3.05, 3.63) is 51.5 Å². The first-order chi connectivity index (χ1) is 11.0. The number of amides is 1. The number of nitrogens with zero attached hydrogens (tertiary/aromatic N) is 2. The summed E-state index contributed by atoms with van der Waals surface area (Å²) in [5.41, 5.74) is 1.68. The van der Waals surface area contributed by atoms with Crippen LogP contribution in [0.4, 0.5) is 0 Å². The number of carboxylic acid groups (broad SMARTS) is 1. The molecule has 1 fully saturated rings. The van der Waals surface area contributed by atoms with E-state index in [1.807, 2.05) is 44.2 Å². The molecule has 0 aliphatic carbocycles. The number of carbonyl (C=O) groups is 2. The third kappa shape index (κ3) is 2.99. The van der Waals surface area contributed by atoms with Gasteiger partial charge in [-0.15, -0.1) is 11.3 Å². The minimum absolute atomic E-state index is 0.113. The molecule has 6 heteroatoms. The second kappa shape index (κ2) is 6.12. The summed E-state index contributed by atoms with van der Waals surface area (Å²) in [4.78, 5) is 30.9. The van der Waals surface area contributed by atoms with Gasteiger partial charge >= 0.3 is 5.97 Å². The normalized spacial score (nSPS) is 20.7. The first kappa shape index (κ1) is 15.7. The second-order valence-corrected chi connectivity index (χ2v) is 7.02. The molecular formula is C17H18N2O3S. The van der Waals surface area contributed by atoms with E-state index >= 15 is 0 Å². The van der Waals surface area contributed by atoms with Crippen molar-refractivity contribution in [3.8, 4) is 0 Å². The van der Waals surface area contributed by atoms with Crippen LogP contribution in [0.1, 0.15) is 31.9 Å². The Morgan fingerprint density at radius 3 is 2.48 bits per heavy atom. The molecule has 0 spiro atoms. The first-order valence-corrected chi connectivity index (χ1v) is 8.30. The van der Waals surface area contributed by atoms with Gasteiger partial charge < -0.3 is 10.0 Å². The van der Waals surface area contributed by atoms with Crippen LogP contribution in [0.15, 0.2) is 30.3 Å². The lowest BCUT2D eigenvalue weighted by atomic mass is 9.89. The molecule has 0 radical (unpaired) electrons. The average Bonchev–Trinajstić information content (AvgIpc) is 3.11. The fourth-order valence-corrected chi connectivity index (χ4v) is 4.02. The summed E-state index contributed by atoms with van der Waals surface area (Å²) in [5, 5.41) is 10.4. The second-order valence-electron chi connectivity index (χ2n) is 5.82. The zero-order valence-electron chi connectivity index (χ0n) is 13.0. The molecule has 2 atom stereocenters. The van der Waals surface area contributed by atoms with Gasteiger partial charge in [0, 0.05) is 19.0 Å². The number of rotatable bonds is 3. The van der Waals surface area contributed by atoms with Crippen molar-refractivity contribution < 1.29 is 14.7 Å². The number of hydrogen-bond donors (Lipinski definition) is 1. The molecule has 5 nitrogen and oxygen atoms in total. The van der Waals surface area contributed by atoms with Gasteiger partial charge in [0.15, 0.2) is 0 Å². The van der Waals surface area contributed by atoms with Crippen LogP contribution in [0.3, 0.4) is 0 Å². The van der Waals surface area contributed by atoms with E-state index in [1.165, 1.54) is 11.3 Å². The van der Waals surface area contributed by atoms with Crippen LogP contribution < -0.4 is 0 Å². The fraction of sp³-hybridized carbons (Fsp3) is 0.353. The highest BCUT2D eigenvalue weighted by Crippen LogP contribution is 2.34. The van der Waals surface area contributed by atoms with Crippen LogP contribution in [0.25, 0.3) is 0 Å². The van der Waals surface area contributed by atoms with E-state index in [1.54, 1.807) is 4.90 Å². The van der Waals surface area contributed by atoms with Crippen LogP contribution >= 0.6 is 11.3 Å². The van der Waals surface area contributed by atoms with Crippen molar-refractivity contribution in [1.82, 2.24) is 9.88 Å². The molecule has 1 amide bonds. The topological polar surface area (TPSA) is 70.5 Å². The first-order valence-electron chi connectivity index (χ1n) is 7.48. The predicted molar refractivity (Wildman–Crippen MR) is 87.8 cm³/mol. The van der Waals surface area contributed by atoms with Gasteiger partial charge in [0.1, 0.15) is 4.88 Å². The lowest BCUT2D eigenvalue weighted by Crippen LogP contribution is -2.29. The van der Waals surface area contributed by atoms with Crippen molar-refractivity contribution in [2.75, 3.05) is 13.1 Å². The van der Waals surface area contributed by atoms with Gasteiger partial charge in [0.25, 0.3) is 5.91 Å². The maximum Gasteiger partial charge on any atom is 0.308 e. The SMILES string of the molecule is Cc1nc(C)c(C(=O)N2CC(C(=O)O)C(c3ccccc3)C2)s1. The summed E-state index contributed by atoms with van der Waals surface area (Å²) in [7, 11) is 0. The highest BCUT2D eigenvalue weighted by molar-refractivity contribution is 7.13. The van der Waals surface area contributed by atoms with E-state index < -0.39 is 11.9 Å². The molecule has 1 aliphatic heterocycles. The number of carbonyl (C=O) groups excluding carboxylic acids is 1. The molecule has 1 saturated heterocycles. The fourth-order valence-electron chi connectivity index (χ4n) is 3.13. The van der Waals surface area contributed by atoms with E-state index in [0.717, 1.165) is 10.6 Å². The van der Waals surface area contributed by atoms with Gasteiger partial charge in [-0.3, -0.25) is 9.59 Å². The van der Waals surface area contributed by atoms with E-state index in [9.17, 15) is 14.7 Å². The molecule has 1 aromatic carbocycles. The molecule has 1 aromatic heterocycles. The Kier molecular flexibility index (Phi) is 4.17. The monoisotopic (exact) mass is 330 g/mol. The summed E-state index contributed by atoms with van der Waals surface area (Å²) in [5.74, 6) is -1.72. The molecule has 2 unspecified atom stereocenters. The van der Waals surface area contributed by atoms with E-state index in [2.05, 4.69) is 4.98 Å². The standard InChI is InChI=1S/C17H18N2O3S/c1-10-15(23-11(2)18-10)16(20)19-8-13(14(9-19)17(21)22)12-6-4-3-5-7-12/h3-7,13-14H,8-9H2,1-2H3,(H,21,22). The maximum absolute atomic E-state index is 12.7. The molecule has 1 N–H and O–H groups in total. The van der Waals surface area contributed by atoms with Crippen molar-refractivity contribution in [2.24, 2.45) is 5.92 Å². The Bertz CT molecular complexity index is 742. The smallest absolute Gasteiger partial charge is 0.308 e. The Balaban J connectivity index is 1.87. The molecule has 2 aromatic rings. The Morgan fingerprint density at radius 1 is 1.22 bits per heavy atom. The zero-order chi connectivity index (χ0) is 16.6. The van der Waals surface area contributed by atoms with E-state index in [0.29, 0.717) is 17.1 Å². The summed E-state index contributed by atoms with van der Waals surface area (Å²) in [6, 6.07) is 9.55. The molecular weight excluding hydrogens is 312 g/mol. The van der Waals surface area contributed by atoms with Crippen molar-refractivity contribution in [2.45, 2.75) is 19.8 Å². The number of thiazole rings is 1. The lowest BCUT2D eigenvalue weighted by molar-refractivity contribution is -0.141. The molecule has 3 rings (SSSR count). The predicted octanol–water partition coefficient (Wildman–Crippen LogP) is 2.70. The third-order valence-electron chi connectivity index (χ3n) is 4.25. The molecule has 0 bridgehead atoms.